The van der Waals surface area contributed by atoms with E-state index < -0.39 is 0 Å². The predicted molar refractivity (Wildman–Crippen MR) is 85.1 cm³/mol. The Morgan fingerprint density at radius 2 is 1.65 bits per heavy atom. The largest absolute Gasteiger partial charge is 0.335 e. The molecule has 0 radical (unpaired) electrons. The van der Waals surface area contributed by atoms with Gasteiger partial charge in [0.25, 0.3) is 0 Å². The summed E-state index contributed by atoms with van der Waals surface area (Å²) in [5.41, 5.74) is 1.88. The van der Waals surface area contributed by atoms with Crippen molar-refractivity contribution in [2.75, 3.05) is 17.2 Å². The topological polar surface area (TPSA) is 20.3 Å². The van der Waals surface area contributed by atoms with Crippen LogP contribution in [0, 0.1) is 0 Å². The highest BCUT2D eigenvalue weighted by Crippen LogP contribution is 2.32. The van der Waals surface area contributed by atoms with Crippen molar-refractivity contribution in [3.8, 4) is 0 Å². The third-order valence-corrected chi connectivity index (χ3v) is 4.23. The van der Waals surface area contributed by atoms with Crippen molar-refractivity contribution in [3.05, 3.63) is 77.3 Å². The van der Waals surface area contributed by atoms with E-state index in [0.29, 0.717) is 0 Å². The Labute approximate surface area is 123 Å². The van der Waals surface area contributed by atoms with Crippen molar-refractivity contribution >= 4 is 23.2 Å². The molecule has 1 aliphatic rings. The standard InChI is InChI=1S/C17H15NOS/c19-16(14-7-3-1-4-8-14)13-17-18(11-12-20-17)15-9-5-2-6-10-15/h1-10,13H,11-12H2/b17-13-. The molecule has 20 heavy (non-hydrogen) atoms. The lowest BCUT2D eigenvalue weighted by atomic mass is 10.1. The second kappa shape index (κ2) is 5.97. The highest BCUT2D eigenvalue weighted by molar-refractivity contribution is 8.03. The highest BCUT2D eigenvalue weighted by atomic mass is 32.2. The van der Waals surface area contributed by atoms with Gasteiger partial charge in [0.15, 0.2) is 5.78 Å². The normalized spacial score (nSPS) is 16.6. The summed E-state index contributed by atoms with van der Waals surface area (Å²) in [5, 5.41) is 1.03. The molecule has 0 aliphatic carbocycles. The molecule has 1 fully saturated rings. The van der Waals surface area contributed by atoms with E-state index in [-0.39, 0.29) is 5.78 Å². The molecule has 3 rings (SSSR count). The minimum atomic E-state index is 0.0657. The third kappa shape index (κ3) is 2.78. The summed E-state index contributed by atoms with van der Waals surface area (Å²) >= 11 is 1.73. The van der Waals surface area contributed by atoms with Crippen LogP contribution in [0.25, 0.3) is 0 Å². The summed E-state index contributed by atoms with van der Waals surface area (Å²) in [4.78, 5) is 14.5. The van der Waals surface area contributed by atoms with Gasteiger partial charge in [-0.1, -0.05) is 48.5 Å². The van der Waals surface area contributed by atoms with E-state index in [1.807, 2.05) is 48.5 Å². The average molecular weight is 281 g/mol. The average Bonchev–Trinajstić information content (AvgIpc) is 2.97. The Bertz CT molecular complexity index is 622. The van der Waals surface area contributed by atoms with Crippen molar-refractivity contribution in [2.45, 2.75) is 0 Å². The first-order valence-electron chi connectivity index (χ1n) is 6.61. The first-order chi connectivity index (χ1) is 9.84. The summed E-state index contributed by atoms with van der Waals surface area (Å²) < 4.78 is 0. The number of thioether (sulfide) groups is 1. The lowest BCUT2D eigenvalue weighted by Gasteiger charge is -2.18. The molecule has 0 bridgehead atoms. The quantitative estimate of drug-likeness (QED) is 0.627. The van der Waals surface area contributed by atoms with Crippen molar-refractivity contribution in [1.29, 1.82) is 0 Å². The number of benzene rings is 2. The van der Waals surface area contributed by atoms with Crippen LogP contribution in [0.4, 0.5) is 5.69 Å². The molecule has 0 spiro atoms. The molecule has 0 atom stereocenters. The van der Waals surface area contributed by atoms with Crippen LogP contribution in [0.3, 0.4) is 0 Å². The number of hydrogen-bond acceptors (Lipinski definition) is 3. The van der Waals surface area contributed by atoms with E-state index in [0.717, 1.165) is 28.6 Å². The van der Waals surface area contributed by atoms with Gasteiger partial charge in [0.1, 0.15) is 0 Å². The lowest BCUT2D eigenvalue weighted by molar-refractivity contribution is 0.104. The van der Waals surface area contributed by atoms with Gasteiger partial charge in [-0.05, 0) is 12.1 Å². The summed E-state index contributed by atoms with van der Waals surface area (Å²) in [7, 11) is 0. The van der Waals surface area contributed by atoms with Crippen LogP contribution >= 0.6 is 11.8 Å². The van der Waals surface area contributed by atoms with Crippen LogP contribution < -0.4 is 4.90 Å². The predicted octanol–water partition coefficient (Wildman–Crippen LogP) is 3.96. The molecule has 0 aromatic heterocycles. The van der Waals surface area contributed by atoms with Crippen LogP contribution in [0.2, 0.25) is 0 Å². The Morgan fingerprint density at radius 3 is 2.35 bits per heavy atom. The molecule has 0 unspecified atom stereocenters. The number of para-hydroxylation sites is 1. The van der Waals surface area contributed by atoms with Gasteiger partial charge < -0.3 is 4.90 Å². The number of carbonyl (C=O) groups is 1. The van der Waals surface area contributed by atoms with Gasteiger partial charge in [-0.25, -0.2) is 0 Å². The van der Waals surface area contributed by atoms with Gasteiger partial charge >= 0.3 is 0 Å². The summed E-state index contributed by atoms with van der Waals surface area (Å²) in [5.74, 6) is 1.08. The van der Waals surface area contributed by atoms with Gasteiger partial charge in [-0.2, -0.15) is 0 Å². The Hall–Kier alpha value is -2.00. The second-order valence-corrected chi connectivity index (χ2v) is 5.66. The van der Waals surface area contributed by atoms with Crippen LogP contribution in [0.1, 0.15) is 10.4 Å². The molecule has 2 aromatic carbocycles. The summed E-state index contributed by atoms with van der Waals surface area (Å²) in [6.45, 7) is 0.947. The van der Waals surface area contributed by atoms with E-state index in [1.54, 1.807) is 17.8 Å². The molecular weight excluding hydrogens is 266 g/mol. The van der Waals surface area contributed by atoms with E-state index >= 15 is 0 Å². The van der Waals surface area contributed by atoms with Gasteiger partial charge in [0, 0.05) is 29.6 Å². The number of ketones is 1. The molecule has 1 aliphatic heterocycles. The molecule has 0 saturated carbocycles. The number of allylic oxidation sites excluding steroid dienone is 1. The maximum Gasteiger partial charge on any atom is 0.188 e. The Morgan fingerprint density at radius 1 is 1.00 bits per heavy atom. The molecular formula is C17H15NOS. The lowest BCUT2D eigenvalue weighted by Crippen LogP contribution is -2.17. The first kappa shape index (κ1) is 13.0. The minimum absolute atomic E-state index is 0.0657. The first-order valence-corrected chi connectivity index (χ1v) is 7.59. The van der Waals surface area contributed by atoms with E-state index in [1.165, 1.54) is 0 Å². The molecule has 0 N–H and O–H groups in total. The third-order valence-electron chi connectivity index (χ3n) is 3.21. The molecule has 1 saturated heterocycles. The number of anilines is 1. The van der Waals surface area contributed by atoms with Gasteiger partial charge in [0.2, 0.25) is 0 Å². The van der Waals surface area contributed by atoms with E-state index in [2.05, 4.69) is 17.0 Å². The Balaban J connectivity index is 1.86. The van der Waals surface area contributed by atoms with Crippen molar-refractivity contribution in [3.63, 3.8) is 0 Å². The molecule has 3 heteroatoms. The van der Waals surface area contributed by atoms with Crippen LogP contribution in [0.5, 0.6) is 0 Å². The number of nitrogens with zero attached hydrogens (tertiary/aromatic N) is 1. The number of rotatable bonds is 3. The van der Waals surface area contributed by atoms with E-state index in [4.69, 9.17) is 0 Å². The van der Waals surface area contributed by atoms with Crippen molar-refractivity contribution in [1.82, 2.24) is 0 Å². The summed E-state index contributed by atoms with van der Waals surface area (Å²) in [6, 6.07) is 19.6. The molecule has 2 nitrogen and oxygen atoms in total. The van der Waals surface area contributed by atoms with Gasteiger partial charge in [-0.3, -0.25) is 4.79 Å². The SMILES string of the molecule is O=C(/C=C1\SCCN1c1ccccc1)c1ccccc1. The van der Waals surface area contributed by atoms with Crippen molar-refractivity contribution in [2.24, 2.45) is 0 Å². The summed E-state index contributed by atoms with van der Waals surface area (Å²) in [6.07, 6.45) is 1.75. The minimum Gasteiger partial charge on any atom is -0.335 e. The van der Waals surface area contributed by atoms with E-state index in [9.17, 15) is 4.79 Å². The molecule has 2 aromatic rings. The maximum atomic E-state index is 12.3. The van der Waals surface area contributed by atoms with Crippen molar-refractivity contribution < 1.29 is 4.79 Å². The fraction of sp³-hybridized carbons (Fsp3) is 0.118. The Kier molecular flexibility index (Phi) is 3.88. The van der Waals surface area contributed by atoms with Gasteiger partial charge in [-0.15, -0.1) is 11.8 Å². The second-order valence-electron chi connectivity index (χ2n) is 4.55. The highest BCUT2D eigenvalue weighted by Gasteiger charge is 2.20. The zero-order valence-corrected chi connectivity index (χ0v) is 11.8. The molecule has 100 valence electrons. The smallest absolute Gasteiger partial charge is 0.188 e. The van der Waals surface area contributed by atoms with Gasteiger partial charge in [0.05, 0.1) is 5.03 Å². The number of carbonyl (C=O) groups excluding carboxylic acids is 1. The fourth-order valence-electron chi connectivity index (χ4n) is 2.21. The molecule has 0 amide bonds. The number of hydrogen-bond donors (Lipinski definition) is 0. The zero-order valence-electron chi connectivity index (χ0n) is 11.0. The molecule has 1 heterocycles. The van der Waals surface area contributed by atoms with Crippen LogP contribution in [0.15, 0.2) is 71.8 Å². The van der Waals surface area contributed by atoms with Crippen LogP contribution in [-0.4, -0.2) is 18.1 Å². The monoisotopic (exact) mass is 281 g/mol. The van der Waals surface area contributed by atoms with Crippen LogP contribution in [-0.2, 0) is 0 Å². The maximum absolute atomic E-state index is 12.3. The fourth-order valence-corrected chi connectivity index (χ4v) is 3.24. The zero-order chi connectivity index (χ0) is 13.8.